The number of anilines is 1. The summed E-state index contributed by atoms with van der Waals surface area (Å²) < 4.78 is 0. The zero-order valence-corrected chi connectivity index (χ0v) is 18.2. The molecule has 1 fully saturated rings. The lowest BCUT2D eigenvalue weighted by Crippen LogP contribution is -2.51. The molecule has 7 heteroatoms. The molecule has 2 aromatic carbocycles. The van der Waals surface area contributed by atoms with Crippen molar-refractivity contribution in [1.82, 2.24) is 9.80 Å². The molecule has 3 rings (SSSR count). The van der Waals surface area contributed by atoms with Gasteiger partial charge in [0.05, 0.1) is 17.1 Å². The number of para-hydroxylation sites is 1. The van der Waals surface area contributed by atoms with Crippen molar-refractivity contribution in [2.75, 3.05) is 44.2 Å². The van der Waals surface area contributed by atoms with Gasteiger partial charge < -0.3 is 9.80 Å². The van der Waals surface area contributed by atoms with E-state index in [1.807, 2.05) is 43.0 Å². The maximum atomic E-state index is 12.9. The first kappa shape index (κ1) is 21.6. The van der Waals surface area contributed by atoms with Crippen LogP contribution in [0.1, 0.15) is 22.8 Å². The van der Waals surface area contributed by atoms with Crippen LogP contribution in [-0.2, 0) is 4.79 Å². The lowest BCUT2D eigenvalue weighted by molar-refractivity contribution is -0.120. The van der Waals surface area contributed by atoms with Crippen LogP contribution in [0.15, 0.2) is 42.5 Å². The van der Waals surface area contributed by atoms with Gasteiger partial charge in [0.25, 0.3) is 5.91 Å². The van der Waals surface area contributed by atoms with Crippen molar-refractivity contribution >= 4 is 40.7 Å². The third-order valence-corrected chi connectivity index (χ3v) is 5.75. The summed E-state index contributed by atoms with van der Waals surface area (Å²) in [6.07, 6.45) is 0. The molecule has 1 aliphatic rings. The van der Waals surface area contributed by atoms with Crippen molar-refractivity contribution in [3.05, 3.63) is 63.6 Å². The molecule has 0 bridgehead atoms. The molecular formula is C22H25Cl2N3O2. The average molecular weight is 434 g/mol. The van der Waals surface area contributed by atoms with Crippen LogP contribution >= 0.6 is 23.2 Å². The van der Waals surface area contributed by atoms with E-state index >= 15 is 0 Å². The van der Waals surface area contributed by atoms with E-state index in [-0.39, 0.29) is 11.8 Å². The highest BCUT2D eigenvalue weighted by atomic mass is 35.5. The maximum absolute atomic E-state index is 12.9. The summed E-state index contributed by atoms with van der Waals surface area (Å²) in [6.45, 7) is 7.36. The Bertz CT molecular complexity index is 895. The summed E-state index contributed by atoms with van der Waals surface area (Å²) in [5.41, 5.74) is 2.49. The smallest absolute Gasteiger partial charge is 0.255 e. The molecule has 0 radical (unpaired) electrons. The highest BCUT2D eigenvalue weighted by Crippen LogP contribution is 2.23. The highest BCUT2D eigenvalue weighted by molar-refractivity contribution is 6.36. The molecule has 1 saturated heterocycles. The first-order valence-corrected chi connectivity index (χ1v) is 10.5. The summed E-state index contributed by atoms with van der Waals surface area (Å²) in [5.74, 6) is -0.0324. The van der Waals surface area contributed by atoms with E-state index in [4.69, 9.17) is 23.2 Å². The Hall–Kier alpha value is -2.08. The van der Waals surface area contributed by atoms with Gasteiger partial charge in [0.15, 0.2) is 0 Å². The van der Waals surface area contributed by atoms with Crippen LogP contribution in [-0.4, -0.2) is 60.9 Å². The van der Waals surface area contributed by atoms with Crippen LogP contribution in [0.25, 0.3) is 0 Å². The standard InChI is InChI=1S/C22H25Cl2N3O2/c1-3-27(20-7-5-4-6-16(20)2)21(28)15-25-10-12-26(13-11-25)22(29)18-9-8-17(23)14-19(18)24/h4-9,14H,3,10-13,15H2,1-2H3. The van der Waals surface area contributed by atoms with Crippen molar-refractivity contribution in [1.29, 1.82) is 0 Å². The van der Waals surface area contributed by atoms with Crippen LogP contribution in [0.3, 0.4) is 0 Å². The first-order valence-electron chi connectivity index (χ1n) is 9.73. The molecule has 0 atom stereocenters. The van der Waals surface area contributed by atoms with Gasteiger partial charge in [-0.25, -0.2) is 0 Å². The van der Waals surface area contributed by atoms with Gasteiger partial charge in [-0.3, -0.25) is 14.5 Å². The third-order valence-electron chi connectivity index (χ3n) is 5.20. The number of aryl methyl sites for hydroxylation is 1. The van der Waals surface area contributed by atoms with Crippen molar-refractivity contribution in [2.45, 2.75) is 13.8 Å². The summed E-state index contributed by atoms with van der Waals surface area (Å²) in [7, 11) is 0. The Morgan fingerprint density at radius 1 is 1.03 bits per heavy atom. The van der Waals surface area contributed by atoms with E-state index < -0.39 is 0 Å². The van der Waals surface area contributed by atoms with Crippen LogP contribution in [0.4, 0.5) is 5.69 Å². The van der Waals surface area contributed by atoms with Gasteiger partial charge in [-0.1, -0.05) is 41.4 Å². The molecule has 1 aliphatic heterocycles. The van der Waals surface area contributed by atoms with Crippen LogP contribution in [0.5, 0.6) is 0 Å². The fraction of sp³-hybridized carbons (Fsp3) is 0.364. The molecule has 0 spiro atoms. The van der Waals surface area contributed by atoms with Crippen LogP contribution < -0.4 is 4.90 Å². The molecule has 154 valence electrons. The quantitative estimate of drug-likeness (QED) is 0.712. The van der Waals surface area contributed by atoms with E-state index in [0.717, 1.165) is 11.3 Å². The fourth-order valence-electron chi connectivity index (χ4n) is 3.57. The molecule has 1 heterocycles. The molecule has 0 aliphatic carbocycles. The van der Waals surface area contributed by atoms with Crippen molar-refractivity contribution < 1.29 is 9.59 Å². The number of carbonyl (C=O) groups is 2. The number of rotatable bonds is 5. The average Bonchev–Trinajstić information content (AvgIpc) is 2.70. The molecule has 0 aromatic heterocycles. The second-order valence-corrected chi connectivity index (χ2v) is 7.96. The zero-order valence-electron chi connectivity index (χ0n) is 16.7. The molecule has 29 heavy (non-hydrogen) atoms. The van der Waals surface area contributed by atoms with Crippen LogP contribution in [0.2, 0.25) is 10.0 Å². The van der Waals surface area contributed by atoms with Gasteiger partial charge in [-0.15, -0.1) is 0 Å². The largest absolute Gasteiger partial charge is 0.336 e. The van der Waals surface area contributed by atoms with E-state index in [0.29, 0.717) is 54.9 Å². The minimum absolute atomic E-state index is 0.0716. The maximum Gasteiger partial charge on any atom is 0.255 e. The molecule has 2 amide bonds. The molecule has 0 N–H and O–H groups in total. The number of likely N-dealkylation sites (N-methyl/N-ethyl adjacent to an activating group) is 1. The summed E-state index contributed by atoms with van der Waals surface area (Å²) in [5, 5.41) is 0.862. The summed E-state index contributed by atoms with van der Waals surface area (Å²) in [6, 6.07) is 12.8. The Morgan fingerprint density at radius 2 is 1.72 bits per heavy atom. The lowest BCUT2D eigenvalue weighted by atomic mass is 10.1. The summed E-state index contributed by atoms with van der Waals surface area (Å²) >= 11 is 12.1. The number of halogens is 2. The SMILES string of the molecule is CCN(C(=O)CN1CCN(C(=O)c2ccc(Cl)cc2Cl)CC1)c1ccccc1C. The molecule has 0 saturated carbocycles. The Morgan fingerprint density at radius 3 is 2.34 bits per heavy atom. The number of piperazine rings is 1. The number of carbonyl (C=O) groups excluding carboxylic acids is 2. The van der Waals surface area contributed by atoms with Gasteiger partial charge >= 0.3 is 0 Å². The first-order chi connectivity index (χ1) is 13.9. The normalized spacial score (nSPS) is 14.7. The number of benzene rings is 2. The van der Waals surface area contributed by atoms with E-state index in [2.05, 4.69) is 4.90 Å². The Labute approximate surface area is 181 Å². The lowest BCUT2D eigenvalue weighted by Gasteiger charge is -2.35. The topological polar surface area (TPSA) is 43.9 Å². The minimum atomic E-state index is -0.104. The van der Waals surface area contributed by atoms with Gasteiger partial charge in [0.2, 0.25) is 5.91 Å². The molecule has 5 nitrogen and oxygen atoms in total. The van der Waals surface area contributed by atoms with Gasteiger partial charge in [0.1, 0.15) is 0 Å². The number of nitrogens with zero attached hydrogens (tertiary/aromatic N) is 3. The molecule has 0 unspecified atom stereocenters. The zero-order chi connectivity index (χ0) is 21.0. The summed E-state index contributed by atoms with van der Waals surface area (Å²) in [4.78, 5) is 31.3. The van der Waals surface area contributed by atoms with E-state index in [1.54, 1.807) is 23.1 Å². The second kappa shape index (κ2) is 9.61. The van der Waals surface area contributed by atoms with Crippen molar-refractivity contribution in [3.63, 3.8) is 0 Å². The fourth-order valence-corrected chi connectivity index (χ4v) is 4.06. The third kappa shape index (κ3) is 5.10. The van der Waals surface area contributed by atoms with Gasteiger partial charge in [-0.2, -0.15) is 0 Å². The monoisotopic (exact) mass is 433 g/mol. The van der Waals surface area contributed by atoms with Gasteiger partial charge in [0, 0.05) is 43.4 Å². The van der Waals surface area contributed by atoms with Crippen molar-refractivity contribution in [2.24, 2.45) is 0 Å². The van der Waals surface area contributed by atoms with Crippen LogP contribution in [0, 0.1) is 6.92 Å². The van der Waals surface area contributed by atoms with E-state index in [1.165, 1.54) is 0 Å². The highest BCUT2D eigenvalue weighted by Gasteiger charge is 2.26. The van der Waals surface area contributed by atoms with Crippen molar-refractivity contribution in [3.8, 4) is 0 Å². The Kier molecular flexibility index (Phi) is 7.17. The van der Waals surface area contributed by atoms with Gasteiger partial charge in [-0.05, 0) is 43.7 Å². The predicted molar refractivity (Wildman–Crippen MR) is 118 cm³/mol. The number of amides is 2. The minimum Gasteiger partial charge on any atom is -0.336 e. The second-order valence-electron chi connectivity index (χ2n) is 7.12. The Balaban J connectivity index is 1.58. The number of hydrogen-bond acceptors (Lipinski definition) is 3. The van der Waals surface area contributed by atoms with E-state index in [9.17, 15) is 9.59 Å². The molecule has 2 aromatic rings. The predicted octanol–water partition coefficient (Wildman–Crippen LogP) is 4.11. The molecular weight excluding hydrogens is 409 g/mol. The number of hydrogen-bond donors (Lipinski definition) is 0.